The first kappa shape index (κ1) is 15.2. The van der Waals surface area contributed by atoms with E-state index < -0.39 is 4.92 Å². The molecule has 2 aromatic carbocycles. The van der Waals surface area contributed by atoms with Gasteiger partial charge in [0.2, 0.25) is 0 Å². The molecule has 0 N–H and O–H groups in total. The van der Waals surface area contributed by atoms with Crippen LogP contribution in [0.1, 0.15) is 18.4 Å². The molecule has 7 heteroatoms. The third kappa shape index (κ3) is 2.91. The Labute approximate surface area is 142 Å². The molecular formula is C18H13N3O4. The van der Waals surface area contributed by atoms with Gasteiger partial charge in [-0.2, -0.15) is 10.2 Å². The number of hydrogen-bond acceptors (Lipinski definition) is 6. The number of nitrogens with zero attached hydrogens (tertiary/aromatic N) is 3. The Kier molecular flexibility index (Phi) is 3.61. The summed E-state index contributed by atoms with van der Waals surface area (Å²) in [5.41, 5.74) is 2.66. The van der Waals surface area contributed by atoms with Gasteiger partial charge in [-0.1, -0.05) is 0 Å². The zero-order valence-electron chi connectivity index (χ0n) is 13.1. The number of azo groups is 1. The van der Waals surface area contributed by atoms with E-state index in [0.29, 0.717) is 17.8 Å². The van der Waals surface area contributed by atoms with Gasteiger partial charge in [0.25, 0.3) is 5.69 Å². The molecule has 1 heterocycles. The number of nitro benzene ring substituents is 1. The number of fused-ring (bicyclic) bond motifs is 2. The number of benzene rings is 2. The molecule has 1 unspecified atom stereocenters. The predicted octanol–water partition coefficient (Wildman–Crippen LogP) is 4.52. The van der Waals surface area contributed by atoms with Crippen LogP contribution in [0.2, 0.25) is 0 Å². The van der Waals surface area contributed by atoms with E-state index in [9.17, 15) is 14.9 Å². The summed E-state index contributed by atoms with van der Waals surface area (Å²) in [6, 6.07) is 11.2. The van der Waals surface area contributed by atoms with E-state index in [0.717, 1.165) is 23.3 Å². The summed E-state index contributed by atoms with van der Waals surface area (Å²) in [5.74, 6) is 0.867. The van der Waals surface area contributed by atoms with Crippen molar-refractivity contribution in [2.45, 2.75) is 18.9 Å². The molecule has 2 aromatic rings. The first-order valence-electron chi connectivity index (χ1n) is 7.82. The number of nitro groups is 1. The highest BCUT2D eigenvalue weighted by molar-refractivity contribution is 6.03. The fourth-order valence-electron chi connectivity index (χ4n) is 2.93. The van der Waals surface area contributed by atoms with Gasteiger partial charge in [-0.25, -0.2) is 0 Å². The van der Waals surface area contributed by atoms with Gasteiger partial charge in [0.1, 0.15) is 11.9 Å². The highest BCUT2D eigenvalue weighted by atomic mass is 16.6. The Morgan fingerprint density at radius 1 is 1.08 bits per heavy atom. The molecule has 0 aromatic heterocycles. The van der Waals surface area contributed by atoms with Crippen LogP contribution < -0.4 is 4.74 Å². The van der Waals surface area contributed by atoms with Crippen LogP contribution in [-0.2, 0) is 4.79 Å². The minimum Gasteiger partial charge on any atom is -0.485 e. The van der Waals surface area contributed by atoms with Gasteiger partial charge >= 0.3 is 0 Å². The predicted molar refractivity (Wildman–Crippen MR) is 90.3 cm³/mol. The maximum atomic E-state index is 11.9. The Bertz CT molecular complexity index is 932. The van der Waals surface area contributed by atoms with Gasteiger partial charge in [-0.3, -0.25) is 14.9 Å². The van der Waals surface area contributed by atoms with E-state index in [2.05, 4.69) is 10.2 Å². The number of Topliss-reactive ketones (excluding diaryl/α,β-unsaturated/α-hetero) is 1. The quantitative estimate of drug-likeness (QED) is 0.468. The third-order valence-electron chi connectivity index (χ3n) is 4.22. The van der Waals surface area contributed by atoms with Crippen LogP contribution in [0.25, 0.3) is 6.08 Å². The van der Waals surface area contributed by atoms with Crippen molar-refractivity contribution in [2.75, 3.05) is 0 Å². The Morgan fingerprint density at radius 3 is 2.56 bits per heavy atom. The zero-order chi connectivity index (χ0) is 17.4. The number of carbonyl (C=O) groups is 1. The van der Waals surface area contributed by atoms with Gasteiger partial charge in [0.05, 0.1) is 16.3 Å². The zero-order valence-corrected chi connectivity index (χ0v) is 13.1. The average molecular weight is 335 g/mol. The van der Waals surface area contributed by atoms with Gasteiger partial charge in [0.15, 0.2) is 5.78 Å². The molecule has 0 radical (unpaired) electrons. The number of ketones is 1. The SMILES string of the molecule is O=C1CCC2Oc3ccc(N=Nc4ccc([N+](=O)[O-])cc4)cc3C=C12. The lowest BCUT2D eigenvalue weighted by Gasteiger charge is -2.21. The van der Waals surface area contributed by atoms with Crippen LogP contribution >= 0.6 is 0 Å². The van der Waals surface area contributed by atoms with Crippen molar-refractivity contribution in [3.63, 3.8) is 0 Å². The van der Waals surface area contributed by atoms with Gasteiger partial charge in [-0.15, -0.1) is 0 Å². The van der Waals surface area contributed by atoms with Crippen LogP contribution in [0.15, 0.2) is 58.3 Å². The van der Waals surface area contributed by atoms with E-state index in [4.69, 9.17) is 4.74 Å². The topological polar surface area (TPSA) is 94.2 Å². The molecule has 2 aliphatic rings. The van der Waals surface area contributed by atoms with Crippen molar-refractivity contribution in [2.24, 2.45) is 10.2 Å². The largest absolute Gasteiger partial charge is 0.485 e. The second kappa shape index (κ2) is 5.94. The highest BCUT2D eigenvalue weighted by Gasteiger charge is 2.33. The minimum atomic E-state index is -0.463. The van der Waals surface area contributed by atoms with Crippen molar-refractivity contribution in [3.8, 4) is 5.75 Å². The molecule has 7 nitrogen and oxygen atoms in total. The number of hydrogen-bond donors (Lipinski definition) is 0. The summed E-state index contributed by atoms with van der Waals surface area (Å²) in [5, 5.41) is 18.9. The monoisotopic (exact) mass is 335 g/mol. The number of ether oxygens (including phenoxy) is 1. The normalized spacial score (nSPS) is 18.5. The minimum absolute atomic E-state index is 0.00675. The van der Waals surface area contributed by atoms with Crippen LogP contribution in [0, 0.1) is 10.1 Å². The third-order valence-corrected chi connectivity index (χ3v) is 4.22. The number of rotatable bonds is 3. The first-order valence-corrected chi connectivity index (χ1v) is 7.82. The van der Waals surface area contributed by atoms with Crippen LogP contribution in [-0.4, -0.2) is 16.8 Å². The first-order chi connectivity index (χ1) is 12.1. The second-order valence-electron chi connectivity index (χ2n) is 5.86. The Morgan fingerprint density at radius 2 is 1.80 bits per heavy atom. The summed E-state index contributed by atoms with van der Waals surface area (Å²) < 4.78 is 5.85. The molecule has 0 saturated heterocycles. The molecule has 1 atom stereocenters. The fraction of sp³-hybridized carbons (Fsp3) is 0.167. The molecule has 25 heavy (non-hydrogen) atoms. The van der Waals surface area contributed by atoms with Gasteiger partial charge < -0.3 is 4.74 Å². The number of non-ortho nitro benzene ring substituents is 1. The van der Waals surface area contributed by atoms with Crippen LogP contribution in [0.5, 0.6) is 5.75 Å². The van der Waals surface area contributed by atoms with Crippen LogP contribution in [0.3, 0.4) is 0 Å². The molecule has 1 aliphatic carbocycles. The van der Waals surface area contributed by atoms with Gasteiger partial charge in [-0.05, 0) is 42.8 Å². The molecule has 0 amide bonds. The van der Waals surface area contributed by atoms with E-state index in [1.165, 1.54) is 24.3 Å². The molecule has 1 fully saturated rings. The lowest BCUT2D eigenvalue weighted by atomic mass is 10.0. The Hall–Kier alpha value is -3.35. The molecule has 0 spiro atoms. The van der Waals surface area contributed by atoms with Crippen molar-refractivity contribution >= 4 is 28.9 Å². The highest BCUT2D eigenvalue weighted by Crippen LogP contribution is 2.37. The molecule has 124 valence electrons. The number of carbonyl (C=O) groups excluding carboxylic acids is 1. The van der Waals surface area contributed by atoms with E-state index >= 15 is 0 Å². The lowest BCUT2D eigenvalue weighted by molar-refractivity contribution is -0.384. The lowest BCUT2D eigenvalue weighted by Crippen LogP contribution is -2.19. The second-order valence-corrected chi connectivity index (χ2v) is 5.86. The van der Waals surface area contributed by atoms with E-state index in [1.54, 1.807) is 12.1 Å². The van der Waals surface area contributed by atoms with Gasteiger partial charge in [0, 0.05) is 29.7 Å². The van der Waals surface area contributed by atoms with Crippen molar-refractivity contribution < 1.29 is 14.5 Å². The summed E-state index contributed by atoms with van der Waals surface area (Å²) in [6.45, 7) is 0. The maximum Gasteiger partial charge on any atom is 0.269 e. The van der Waals surface area contributed by atoms with Crippen LogP contribution in [0.4, 0.5) is 17.1 Å². The summed E-state index contributed by atoms with van der Waals surface area (Å²) in [4.78, 5) is 22.0. The van der Waals surface area contributed by atoms with E-state index in [-0.39, 0.29) is 17.6 Å². The standard InChI is InChI=1S/C18H13N3O4/c22-16-6-8-18-15(16)10-11-9-13(3-7-17(11)25-18)20-19-12-1-4-14(5-2-12)21(23)24/h1-5,7,9-10,18H,6,8H2. The maximum absolute atomic E-state index is 11.9. The summed E-state index contributed by atoms with van der Waals surface area (Å²) >= 11 is 0. The molecular weight excluding hydrogens is 322 g/mol. The molecule has 1 aliphatic heterocycles. The molecule has 1 saturated carbocycles. The van der Waals surface area contributed by atoms with Crippen molar-refractivity contribution in [1.29, 1.82) is 0 Å². The Balaban J connectivity index is 1.58. The molecule has 0 bridgehead atoms. The average Bonchev–Trinajstić information content (AvgIpc) is 2.98. The van der Waals surface area contributed by atoms with E-state index in [1.807, 2.05) is 12.1 Å². The van der Waals surface area contributed by atoms with Crippen molar-refractivity contribution in [1.82, 2.24) is 0 Å². The summed E-state index contributed by atoms with van der Waals surface area (Å²) in [6.07, 6.45) is 2.99. The molecule has 4 rings (SSSR count). The summed E-state index contributed by atoms with van der Waals surface area (Å²) in [7, 11) is 0. The smallest absolute Gasteiger partial charge is 0.269 e. The van der Waals surface area contributed by atoms with Crippen molar-refractivity contribution in [3.05, 3.63) is 63.7 Å². The fourth-order valence-corrected chi connectivity index (χ4v) is 2.93.